The SMILES string of the molecule is O=C(Nc1ccccc1)[C@@H]1Cc2ccccc2N1. The van der Waals surface area contributed by atoms with E-state index in [4.69, 9.17) is 0 Å². The maximum absolute atomic E-state index is 12.1. The molecule has 1 aliphatic heterocycles. The number of benzene rings is 2. The van der Waals surface area contributed by atoms with Crippen LogP contribution in [0.5, 0.6) is 0 Å². The number of para-hydroxylation sites is 2. The molecule has 18 heavy (non-hydrogen) atoms. The Kier molecular flexibility index (Phi) is 2.73. The fraction of sp³-hybridized carbons (Fsp3) is 0.133. The smallest absolute Gasteiger partial charge is 0.247 e. The molecule has 0 radical (unpaired) electrons. The lowest BCUT2D eigenvalue weighted by Gasteiger charge is -2.11. The van der Waals surface area contributed by atoms with Crippen LogP contribution in [0.4, 0.5) is 11.4 Å². The van der Waals surface area contributed by atoms with Crippen LogP contribution in [0.2, 0.25) is 0 Å². The Morgan fingerprint density at radius 2 is 1.78 bits per heavy atom. The van der Waals surface area contributed by atoms with Crippen molar-refractivity contribution >= 4 is 17.3 Å². The monoisotopic (exact) mass is 238 g/mol. The number of hydrogen-bond donors (Lipinski definition) is 2. The third-order valence-electron chi connectivity index (χ3n) is 3.13. The summed E-state index contributed by atoms with van der Waals surface area (Å²) in [6.07, 6.45) is 0.745. The summed E-state index contributed by atoms with van der Waals surface area (Å²) in [7, 11) is 0. The average Bonchev–Trinajstić information content (AvgIpc) is 2.84. The van der Waals surface area contributed by atoms with Gasteiger partial charge in [0.05, 0.1) is 0 Å². The Morgan fingerprint density at radius 3 is 2.56 bits per heavy atom. The van der Waals surface area contributed by atoms with Crippen molar-refractivity contribution in [2.45, 2.75) is 12.5 Å². The summed E-state index contributed by atoms with van der Waals surface area (Å²) in [6.45, 7) is 0. The molecule has 1 aliphatic rings. The van der Waals surface area contributed by atoms with Crippen molar-refractivity contribution < 1.29 is 4.79 Å². The van der Waals surface area contributed by atoms with Gasteiger partial charge >= 0.3 is 0 Å². The fourth-order valence-electron chi connectivity index (χ4n) is 2.21. The van der Waals surface area contributed by atoms with Crippen molar-refractivity contribution in [3.63, 3.8) is 0 Å². The summed E-state index contributed by atoms with van der Waals surface area (Å²) in [4.78, 5) is 12.1. The predicted molar refractivity (Wildman–Crippen MR) is 72.6 cm³/mol. The molecule has 0 unspecified atom stereocenters. The standard InChI is InChI=1S/C15H14N2O/c18-15(16-12-7-2-1-3-8-12)14-10-11-6-4-5-9-13(11)17-14/h1-9,14,17H,10H2,(H,16,18)/t14-/m0/s1. The summed E-state index contributed by atoms with van der Waals surface area (Å²) in [5.74, 6) is 0.0115. The van der Waals surface area contributed by atoms with Gasteiger partial charge < -0.3 is 10.6 Å². The molecule has 0 bridgehead atoms. The highest BCUT2D eigenvalue weighted by Crippen LogP contribution is 2.25. The van der Waals surface area contributed by atoms with Crippen LogP contribution in [0.15, 0.2) is 54.6 Å². The first-order valence-corrected chi connectivity index (χ1v) is 6.03. The third kappa shape index (κ3) is 2.07. The molecule has 2 N–H and O–H groups in total. The second kappa shape index (κ2) is 4.53. The van der Waals surface area contributed by atoms with Crippen molar-refractivity contribution in [3.8, 4) is 0 Å². The second-order valence-corrected chi connectivity index (χ2v) is 4.41. The van der Waals surface area contributed by atoms with Gasteiger partial charge in [0.1, 0.15) is 6.04 Å². The van der Waals surface area contributed by atoms with Gasteiger partial charge in [-0.1, -0.05) is 36.4 Å². The van der Waals surface area contributed by atoms with Gasteiger partial charge in [0.2, 0.25) is 5.91 Å². The topological polar surface area (TPSA) is 41.1 Å². The van der Waals surface area contributed by atoms with E-state index in [1.165, 1.54) is 5.56 Å². The summed E-state index contributed by atoms with van der Waals surface area (Å²) in [5, 5.41) is 6.16. The molecule has 3 rings (SSSR count). The van der Waals surface area contributed by atoms with Crippen LogP contribution in [0, 0.1) is 0 Å². The van der Waals surface area contributed by atoms with Gasteiger partial charge in [0.15, 0.2) is 0 Å². The van der Waals surface area contributed by atoms with Crippen LogP contribution in [0.1, 0.15) is 5.56 Å². The van der Waals surface area contributed by atoms with E-state index in [-0.39, 0.29) is 11.9 Å². The zero-order valence-corrected chi connectivity index (χ0v) is 9.89. The van der Waals surface area contributed by atoms with E-state index in [2.05, 4.69) is 16.7 Å². The van der Waals surface area contributed by atoms with E-state index < -0.39 is 0 Å². The third-order valence-corrected chi connectivity index (χ3v) is 3.13. The van der Waals surface area contributed by atoms with Gasteiger partial charge in [-0.15, -0.1) is 0 Å². The molecule has 0 fully saturated rings. The molecule has 90 valence electrons. The molecular weight excluding hydrogens is 224 g/mol. The summed E-state index contributed by atoms with van der Waals surface area (Å²) < 4.78 is 0. The normalized spacial score (nSPS) is 16.8. The van der Waals surface area contributed by atoms with Crippen molar-refractivity contribution in [2.75, 3.05) is 10.6 Å². The Balaban J connectivity index is 1.70. The first-order chi connectivity index (χ1) is 8.83. The van der Waals surface area contributed by atoms with Gasteiger partial charge in [-0.2, -0.15) is 0 Å². The van der Waals surface area contributed by atoms with E-state index in [1.54, 1.807) is 0 Å². The van der Waals surface area contributed by atoms with Crippen LogP contribution in [-0.2, 0) is 11.2 Å². The number of anilines is 2. The number of nitrogens with one attached hydrogen (secondary N) is 2. The van der Waals surface area contributed by atoms with E-state index in [0.29, 0.717) is 0 Å². The van der Waals surface area contributed by atoms with Crippen LogP contribution in [0.25, 0.3) is 0 Å². The molecule has 2 aromatic carbocycles. The first kappa shape index (κ1) is 10.8. The zero-order valence-electron chi connectivity index (χ0n) is 9.89. The van der Waals surface area contributed by atoms with Crippen molar-refractivity contribution in [1.29, 1.82) is 0 Å². The van der Waals surface area contributed by atoms with Crippen LogP contribution in [-0.4, -0.2) is 11.9 Å². The number of carbonyl (C=O) groups is 1. The second-order valence-electron chi connectivity index (χ2n) is 4.41. The quantitative estimate of drug-likeness (QED) is 0.844. The molecule has 1 atom stereocenters. The highest BCUT2D eigenvalue weighted by atomic mass is 16.2. The van der Waals surface area contributed by atoms with Gasteiger partial charge in [-0.25, -0.2) is 0 Å². The van der Waals surface area contributed by atoms with Gasteiger partial charge in [0.25, 0.3) is 0 Å². The molecule has 3 nitrogen and oxygen atoms in total. The highest BCUT2D eigenvalue weighted by Gasteiger charge is 2.26. The van der Waals surface area contributed by atoms with E-state index >= 15 is 0 Å². The Bertz CT molecular complexity index is 541. The minimum atomic E-state index is -0.178. The van der Waals surface area contributed by atoms with Gasteiger partial charge in [-0.3, -0.25) is 4.79 Å². The van der Waals surface area contributed by atoms with E-state index in [0.717, 1.165) is 17.8 Å². The van der Waals surface area contributed by atoms with E-state index in [9.17, 15) is 4.79 Å². The molecule has 1 amide bonds. The molecule has 0 spiro atoms. The lowest BCUT2D eigenvalue weighted by Crippen LogP contribution is -2.32. The summed E-state index contributed by atoms with van der Waals surface area (Å²) in [5.41, 5.74) is 3.09. The van der Waals surface area contributed by atoms with E-state index in [1.807, 2.05) is 48.5 Å². The first-order valence-electron chi connectivity index (χ1n) is 6.03. The summed E-state index contributed by atoms with van der Waals surface area (Å²) in [6, 6.07) is 17.4. The maximum atomic E-state index is 12.1. The van der Waals surface area contributed by atoms with Crippen molar-refractivity contribution in [3.05, 3.63) is 60.2 Å². The number of amides is 1. The van der Waals surface area contributed by atoms with Gasteiger partial charge in [-0.05, 0) is 23.8 Å². The molecule has 3 heteroatoms. The molecule has 0 aliphatic carbocycles. The molecule has 0 saturated heterocycles. The predicted octanol–water partition coefficient (Wildman–Crippen LogP) is 2.66. The lowest BCUT2D eigenvalue weighted by molar-refractivity contribution is -0.116. The maximum Gasteiger partial charge on any atom is 0.247 e. The zero-order chi connectivity index (χ0) is 12.4. The fourth-order valence-corrected chi connectivity index (χ4v) is 2.21. The minimum absolute atomic E-state index is 0.0115. The lowest BCUT2D eigenvalue weighted by atomic mass is 10.1. The minimum Gasteiger partial charge on any atom is -0.373 e. The van der Waals surface area contributed by atoms with Crippen LogP contribution < -0.4 is 10.6 Å². The summed E-state index contributed by atoms with van der Waals surface area (Å²) >= 11 is 0. The van der Waals surface area contributed by atoms with Crippen molar-refractivity contribution in [2.24, 2.45) is 0 Å². The average molecular weight is 238 g/mol. The number of hydrogen-bond acceptors (Lipinski definition) is 2. The highest BCUT2D eigenvalue weighted by molar-refractivity contribution is 5.98. The van der Waals surface area contributed by atoms with Crippen LogP contribution >= 0.6 is 0 Å². The number of carbonyl (C=O) groups excluding carboxylic acids is 1. The molecule has 0 aromatic heterocycles. The Morgan fingerprint density at radius 1 is 1.06 bits per heavy atom. The number of fused-ring (bicyclic) bond motifs is 1. The molecule has 1 heterocycles. The largest absolute Gasteiger partial charge is 0.373 e. The van der Waals surface area contributed by atoms with Crippen LogP contribution in [0.3, 0.4) is 0 Å². The Labute approximate surface area is 106 Å². The molecular formula is C15H14N2O. The van der Waals surface area contributed by atoms with Crippen molar-refractivity contribution in [1.82, 2.24) is 0 Å². The Hall–Kier alpha value is -2.29. The molecule has 2 aromatic rings. The number of rotatable bonds is 2. The molecule has 0 saturated carbocycles. The van der Waals surface area contributed by atoms with Gasteiger partial charge in [0, 0.05) is 17.8 Å².